The van der Waals surface area contributed by atoms with Crippen LogP contribution in [0.15, 0.2) is 24.5 Å². The van der Waals surface area contributed by atoms with Crippen LogP contribution in [0.5, 0.6) is 5.75 Å². The summed E-state index contributed by atoms with van der Waals surface area (Å²) in [6.45, 7) is 4.71. The van der Waals surface area contributed by atoms with Crippen molar-refractivity contribution in [2.24, 2.45) is 0 Å². The van der Waals surface area contributed by atoms with Gasteiger partial charge in [-0.25, -0.2) is 4.98 Å². The lowest BCUT2D eigenvalue weighted by atomic mass is 10.2. The van der Waals surface area contributed by atoms with E-state index in [1.54, 1.807) is 12.4 Å². The summed E-state index contributed by atoms with van der Waals surface area (Å²) in [4.78, 5) is 11.4. The maximum Gasteiger partial charge on any atom is 0.197 e. The van der Waals surface area contributed by atoms with Crippen LogP contribution in [-0.2, 0) is 0 Å². The first-order valence-electron chi connectivity index (χ1n) is 5.85. The Kier molecular flexibility index (Phi) is 4.04. The largest absolute Gasteiger partial charge is 0.492 e. The Morgan fingerprint density at radius 3 is 2.89 bits per heavy atom. The molecule has 0 atom stereocenters. The number of aryl methyl sites for hydroxylation is 1. The van der Waals surface area contributed by atoms with Crippen LogP contribution in [0.2, 0.25) is 0 Å². The lowest BCUT2D eigenvalue weighted by Gasteiger charge is -2.06. The summed E-state index contributed by atoms with van der Waals surface area (Å²) in [6.07, 6.45) is 4.43. The molecule has 0 bridgehead atoms. The third kappa shape index (κ3) is 3.13. The van der Waals surface area contributed by atoms with E-state index in [0.29, 0.717) is 11.4 Å². The number of ether oxygens (including phenoxy) is 1. The summed E-state index contributed by atoms with van der Waals surface area (Å²) in [6, 6.07) is 3.87. The van der Waals surface area contributed by atoms with Gasteiger partial charge < -0.3 is 9.72 Å². The number of rotatable bonds is 4. The van der Waals surface area contributed by atoms with Gasteiger partial charge in [0.1, 0.15) is 5.75 Å². The van der Waals surface area contributed by atoms with Gasteiger partial charge in [0.2, 0.25) is 0 Å². The van der Waals surface area contributed by atoms with Gasteiger partial charge in [-0.3, -0.25) is 4.98 Å². The lowest BCUT2D eigenvalue weighted by Crippen LogP contribution is -1.96. The molecule has 5 heteroatoms. The Balaban J connectivity index is 2.35. The van der Waals surface area contributed by atoms with Crippen molar-refractivity contribution in [3.05, 3.63) is 35.0 Å². The van der Waals surface area contributed by atoms with Crippen molar-refractivity contribution in [1.29, 1.82) is 0 Å². The zero-order valence-corrected chi connectivity index (χ0v) is 11.3. The molecule has 2 heterocycles. The van der Waals surface area contributed by atoms with Crippen molar-refractivity contribution < 1.29 is 4.74 Å². The Hall–Kier alpha value is -1.75. The molecular formula is C13H15N3OS. The number of aromatic nitrogens is 3. The molecule has 94 valence electrons. The number of hydrogen-bond acceptors (Lipinski definition) is 4. The molecule has 0 unspecified atom stereocenters. The van der Waals surface area contributed by atoms with Crippen molar-refractivity contribution in [2.75, 3.05) is 6.61 Å². The summed E-state index contributed by atoms with van der Waals surface area (Å²) in [7, 11) is 0. The Labute approximate surface area is 111 Å². The fourth-order valence-corrected chi connectivity index (χ4v) is 1.84. The molecule has 0 aliphatic carbocycles. The van der Waals surface area contributed by atoms with Gasteiger partial charge in [0, 0.05) is 17.5 Å². The molecule has 0 spiro atoms. The van der Waals surface area contributed by atoms with E-state index >= 15 is 0 Å². The van der Waals surface area contributed by atoms with Crippen LogP contribution in [0.1, 0.15) is 19.0 Å². The van der Waals surface area contributed by atoms with Gasteiger partial charge in [0.05, 0.1) is 18.5 Å². The minimum absolute atomic E-state index is 0.477. The van der Waals surface area contributed by atoms with E-state index in [0.717, 1.165) is 29.1 Å². The van der Waals surface area contributed by atoms with Crippen LogP contribution in [0, 0.1) is 11.7 Å². The fourth-order valence-electron chi connectivity index (χ4n) is 1.59. The second-order valence-corrected chi connectivity index (χ2v) is 4.40. The van der Waals surface area contributed by atoms with Gasteiger partial charge in [-0.2, -0.15) is 0 Å². The molecule has 1 N–H and O–H groups in total. The Morgan fingerprint density at radius 1 is 1.33 bits per heavy atom. The average molecular weight is 261 g/mol. The minimum Gasteiger partial charge on any atom is -0.492 e. The van der Waals surface area contributed by atoms with Gasteiger partial charge in [-0.05, 0) is 37.7 Å². The molecule has 0 amide bonds. The molecule has 0 radical (unpaired) electrons. The summed E-state index contributed by atoms with van der Waals surface area (Å²) < 4.78 is 6.03. The standard InChI is InChI=1S/C13H15N3OS/c1-3-4-17-11-6-10(7-14-8-11)12-5-9(2)15-13(18)16-12/h5-8H,3-4H2,1-2H3,(H,15,16,18). The number of nitrogens with one attached hydrogen (secondary N) is 1. The summed E-state index contributed by atoms with van der Waals surface area (Å²) >= 11 is 5.07. The second kappa shape index (κ2) is 5.73. The SMILES string of the molecule is CCCOc1cncc(-c2cc(C)[nH]c(=S)n2)c1. The van der Waals surface area contributed by atoms with Crippen molar-refractivity contribution in [2.45, 2.75) is 20.3 Å². The number of H-pyrrole nitrogens is 1. The van der Waals surface area contributed by atoms with E-state index in [1.165, 1.54) is 0 Å². The third-order valence-electron chi connectivity index (χ3n) is 2.36. The van der Waals surface area contributed by atoms with E-state index in [4.69, 9.17) is 17.0 Å². The molecule has 2 aromatic heterocycles. The smallest absolute Gasteiger partial charge is 0.197 e. The predicted octanol–water partition coefficient (Wildman–Crippen LogP) is 3.30. The van der Waals surface area contributed by atoms with E-state index in [9.17, 15) is 0 Å². The van der Waals surface area contributed by atoms with Crippen LogP contribution in [0.4, 0.5) is 0 Å². The topological polar surface area (TPSA) is 50.8 Å². The first-order chi connectivity index (χ1) is 8.69. The molecule has 2 rings (SSSR count). The zero-order valence-electron chi connectivity index (χ0n) is 10.4. The van der Waals surface area contributed by atoms with Crippen LogP contribution >= 0.6 is 12.2 Å². The Bertz CT molecular complexity index is 595. The highest BCUT2D eigenvalue weighted by molar-refractivity contribution is 7.71. The van der Waals surface area contributed by atoms with Crippen LogP contribution in [0.25, 0.3) is 11.3 Å². The summed E-state index contributed by atoms with van der Waals surface area (Å²) in [5.41, 5.74) is 2.70. The first-order valence-corrected chi connectivity index (χ1v) is 6.26. The summed E-state index contributed by atoms with van der Waals surface area (Å²) in [5.74, 6) is 0.757. The van der Waals surface area contributed by atoms with Crippen LogP contribution in [0.3, 0.4) is 0 Å². The van der Waals surface area contributed by atoms with Crippen LogP contribution in [-0.4, -0.2) is 21.6 Å². The molecule has 4 nitrogen and oxygen atoms in total. The van der Waals surface area contributed by atoms with Gasteiger partial charge in [-0.1, -0.05) is 6.92 Å². The monoisotopic (exact) mass is 261 g/mol. The van der Waals surface area contributed by atoms with Crippen LogP contribution < -0.4 is 4.74 Å². The Morgan fingerprint density at radius 2 is 2.17 bits per heavy atom. The van der Waals surface area contributed by atoms with Gasteiger partial charge >= 0.3 is 0 Å². The van der Waals surface area contributed by atoms with Gasteiger partial charge in [-0.15, -0.1) is 0 Å². The molecule has 0 aliphatic rings. The summed E-state index contributed by atoms with van der Waals surface area (Å²) in [5, 5.41) is 0. The predicted molar refractivity (Wildman–Crippen MR) is 73.2 cm³/mol. The maximum atomic E-state index is 5.55. The van der Waals surface area contributed by atoms with Gasteiger partial charge in [0.25, 0.3) is 0 Å². The highest BCUT2D eigenvalue weighted by atomic mass is 32.1. The van der Waals surface area contributed by atoms with E-state index in [1.807, 2.05) is 19.1 Å². The van der Waals surface area contributed by atoms with Crippen molar-refractivity contribution in [1.82, 2.24) is 15.0 Å². The zero-order chi connectivity index (χ0) is 13.0. The van der Waals surface area contributed by atoms with E-state index in [2.05, 4.69) is 21.9 Å². The molecule has 0 saturated heterocycles. The van der Waals surface area contributed by atoms with Crippen molar-refractivity contribution in [3.63, 3.8) is 0 Å². The first kappa shape index (κ1) is 12.7. The molecule has 0 fully saturated rings. The number of pyridine rings is 1. The second-order valence-electron chi connectivity index (χ2n) is 4.01. The highest BCUT2D eigenvalue weighted by Crippen LogP contribution is 2.21. The average Bonchev–Trinajstić information content (AvgIpc) is 2.35. The molecule has 0 aliphatic heterocycles. The van der Waals surface area contributed by atoms with E-state index in [-0.39, 0.29) is 0 Å². The highest BCUT2D eigenvalue weighted by Gasteiger charge is 2.03. The third-order valence-corrected chi connectivity index (χ3v) is 2.55. The number of hydrogen-bond donors (Lipinski definition) is 1. The molecule has 2 aromatic rings. The fraction of sp³-hybridized carbons (Fsp3) is 0.308. The van der Waals surface area contributed by atoms with Crippen molar-refractivity contribution in [3.8, 4) is 17.0 Å². The molecule has 0 saturated carbocycles. The van der Waals surface area contributed by atoms with Crippen molar-refractivity contribution >= 4 is 12.2 Å². The number of aromatic amines is 1. The van der Waals surface area contributed by atoms with Gasteiger partial charge in [0.15, 0.2) is 4.77 Å². The lowest BCUT2D eigenvalue weighted by molar-refractivity contribution is 0.316. The minimum atomic E-state index is 0.477. The molecule has 0 aromatic carbocycles. The normalized spacial score (nSPS) is 10.3. The van der Waals surface area contributed by atoms with E-state index < -0.39 is 0 Å². The quantitative estimate of drug-likeness (QED) is 0.858. The molecular weight excluding hydrogens is 246 g/mol. The number of nitrogens with zero attached hydrogens (tertiary/aromatic N) is 2. The molecule has 18 heavy (non-hydrogen) atoms. The maximum absolute atomic E-state index is 5.55.